The van der Waals surface area contributed by atoms with Crippen LogP contribution in [-0.2, 0) is 10.0 Å². The molecule has 1 N–H and O–H groups in total. The summed E-state index contributed by atoms with van der Waals surface area (Å²) in [6.45, 7) is 0. The summed E-state index contributed by atoms with van der Waals surface area (Å²) < 4.78 is 41.2. The average molecular weight is 347 g/mol. The Morgan fingerprint density at radius 1 is 0.957 bits per heavy atom. The molecule has 0 aliphatic carbocycles. The molecule has 0 bridgehead atoms. The maximum atomic E-state index is 13.3. The SMILES string of the molecule is O=S(=O)(N[C@H](c1ccccc1)c1cccs1)c1cccc(F)c1. The molecule has 6 heteroatoms. The molecular formula is C17H14FNO2S2. The maximum Gasteiger partial charge on any atom is 0.241 e. The molecule has 0 fully saturated rings. The minimum atomic E-state index is -3.84. The van der Waals surface area contributed by atoms with E-state index in [9.17, 15) is 12.8 Å². The van der Waals surface area contributed by atoms with Crippen LogP contribution in [0.3, 0.4) is 0 Å². The van der Waals surface area contributed by atoms with Gasteiger partial charge in [0.25, 0.3) is 0 Å². The van der Waals surface area contributed by atoms with Crippen LogP contribution in [0.1, 0.15) is 16.5 Å². The van der Waals surface area contributed by atoms with Gasteiger partial charge >= 0.3 is 0 Å². The molecule has 0 unspecified atom stereocenters. The van der Waals surface area contributed by atoms with Crippen LogP contribution in [-0.4, -0.2) is 8.42 Å². The van der Waals surface area contributed by atoms with E-state index < -0.39 is 21.9 Å². The van der Waals surface area contributed by atoms with Gasteiger partial charge in [-0.1, -0.05) is 42.5 Å². The molecule has 23 heavy (non-hydrogen) atoms. The summed E-state index contributed by atoms with van der Waals surface area (Å²) >= 11 is 1.46. The van der Waals surface area contributed by atoms with E-state index in [0.29, 0.717) is 0 Å². The zero-order valence-electron chi connectivity index (χ0n) is 12.0. The summed E-state index contributed by atoms with van der Waals surface area (Å²) in [7, 11) is -3.84. The van der Waals surface area contributed by atoms with Crippen molar-refractivity contribution in [3.8, 4) is 0 Å². The predicted molar refractivity (Wildman–Crippen MR) is 89.3 cm³/mol. The monoisotopic (exact) mass is 347 g/mol. The first-order valence-corrected chi connectivity index (χ1v) is 9.29. The fourth-order valence-electron chi connectivity index (χ4n) is 2.25. The quantitative estimate of drug-likeness (QED) is 0.759. The molecule has 3 nitrogen and oxygen atoms in total. The molecule has 118 valence electrons. The Morgan fingerprint density at radius 2 is 1.74 bits per heavy atom. The first kappa shape index (κ1) is 15.9. The van der Waals surface area contributed by atoms with Gasteiger partial charge < -0.3 is 0 Å². The summed E-state index contributed by atoms with van der Waals surface area (Å²) in [4.78, 5) is 0.783. The highest BCUT2D eigenvalue weighted by Gasteiger charge is 2.23. The van der Waals surface area contributed by atoms with Gasteiger partial charge in [-0.15, -0.1) is 11.3 Å². The van der Waals surface area contributed by atoms with E-state index in [1.165, 1.54) is 29.5 Å². The number of nitrogens with one attached hydrogen (secondary N) is 1. The van der Waals surface area contributed by atoms with Crippen LogP contribution >= 0.6 is 11.3 Å². The Hall–Kier alpha value is -2.02. The molecule has 1 aromatic heterocycles. The number of halogens is 1. The van der Waals surface area contributed by atoms with Gasteiger partial charge in [-0.05, 0) is 35.2 Å². The summed E-state index contributed by atoms with van der Waals surface area (Å²) in [6, 6.07) is 17.5. The minimum Gasteiger partial charge on any atom is -0.207 e. The lowest BCUT2D eigenvalue weighted by Crippen LogP contribution is -2.29. The Morgan fingerprint density at radius 3 is 2.39 bits per heavy atom. The average Bonchev–Trinajstić information content (AvgIpc) is 3.08. The lowest BCUT2D eigenvalue weighted by atomic mass is 10.1. The normalized spacial score (nSPS) is 12.9. The van der Waals surface area contributed by atoms with Crippen molar-refractivity contribution in [3.05, 3.63) is 88.4 Å². The molecule has 0 spiro atoms. The molecule has 0 amide bonds. The van der Waals surface area contributed by atoms with Crippen LogP contribution < -0.4 is 4.72 Å². The summed E-state index contributed by atoms with van der Waals surface area (Å²) in [5.74, 6) is -0.583. The van der Waals surface area contributed by atoms with Gasteiger partial charge in [-0.3, -0.25) is 0 Å². The number of rotatable bonds is 5. The zero-order valence-corrected chi connectivity index (χ0v) is 13.6. The molecule has 0 aliphatic rings. The molecule has 0 radical (unpaired) electrons. The van der Waals surface area contributed by atoms with Gasteiger partial charge in [-0.2, -0.15) is 4.72 Å². The highest BCUT2D eigenvalue weighted by Crippen LogP contribution is 2.28. The van der Waals surface area contributed by atoms with E-state index in [2.05, 4.69) is 4.72 Å². The molecule has 0 saturated carbocycles. The van der Waals surface area contributed by atoms with Gasteiger partial charge in [0.2, 0.25) is 10.0 Å². The molecule has 1 heterocycles. The van der Waals surface area contributed by atoms with E-state index in [0.717, 1.165) is 16.5 Å². The number of sulfonamides is 1. The van der Waals surface area contributed by atoms with Gasteiger partial charge in [0.15, 0.2) is 0 Å². The second-order valence-electron chi connectivity index (χ2n) is 4.94. The molecule has 3 aromatic rings. The summed E-state index contributed by atoms with van der Waals surface area (Å²) in [6.07, 6.45) is 0. The fourth-order valence-corrected chi connectivity index (χ4v) is 4.36. The number of thiophene rings is 1. The van der Waals surface area contributed by atoms with E-state index >= 15 is 0 Å². The highest BCUT2D eigenvalue weighted by molar-refractivity contribution is 7.89. The van der Waals surface area contributed by atoms with Crippen molar-refractivity contribution in [3.63, 3.8) is 0 Å². The van der Waals surface area contributed by atoms with Crippen molar-refractivity contribution in [2.45, 2.75) is 10.9 Å². The molecular weight excluding hydrogens is 333 g/mol. The van der Waals surface area contributed by atoms with Crippen LogP contribution in [0.2, 0.25) is 0 Å². The van der Waals surface area contributed by atoms with E-state index in [1.54, 1.807) is 0 Å². The smallest absolute Gasteiger partial charge is 0.207 e. The lowest BCUT2D eigenvalue weighted by molar-refractivity contribution is 0.570. The van der Waals surface area contributed by atoms with Crippen molar-refractivity contribution < 1.29 is 12.8 Å². The third kappa shape index (κ3) is 3.67. The highest BCUT2D eigenvalue weighted by atomic mass is 32.2. The first-order chi connectivity index (χ1) is 11.1. The third-order valence-corrected chi connectivity index (χ3v) is 5.70. The van der Waals surface area contributed by atoms with Crippen LogP contribution in [0.4, 0.5) is 4.39 Å². The van der Waals surface area contributed by atoms with Crippen LogP contribution in [0.25, 0.3) is 0 Å². The van der Waals surface area contributed by atoms with Crippen molar-refractivity contribution >= 4 is 21.4 Å². The zero-order chi connectivity index (χ0) is 16.3. The van der Waals surface area contributed by atoms with E-state index in [1.807, 2.05) is 47.8 Å². The van der Waals surface area contributed by atoms with E-state index in [4.69, 9.17) is 0 Å². The molecule has 3 rings (SSSR count). The Labute approximate surface area is 138 Å². The van der Waals surface area contributed by atoms with E-state index in [-0.39, 0.29) is 4.90 Å². The lowest BCUT2D eigenvalue weighted by Gasteiger charge is -2.18. The molecule has 1 atom stereocenters. The van der Waals surface area contributed by atoms with Crippen LogP contribution in [0, 0.1) is 5.82 Å². The topological polar surface area (TPSA) is 46.2 Å². The van der Waals surface area contributed by atoms with Crippen LogP contribution in [0.15, 0.2) is 77.0 Å². The Bertz CT molecular complexity index is 878. The van der Waals surface area contributed by atoms with Gasteiger partial charge in [0.1, 0.15) is 5.82 Å². The minimum absolute atomic E-state index is 0.0880. The number of benzene rings is 2. The molecule has 0 aliphatic heterocycles. The van der Waals surface area contributed by atoms with Gasteiger partial charge in [-0.25, -0.2) is 12.8 Å². The van der Waals surface area contributed by atoms with Gasteiger partial charge in [0.05, 0.1) is 10.9 Å². The largest absolute Gasteiger partial charge is 0.241 e. The maximum absolute atomic E-state index is 13.3. The van der Waals surface area contributed by atoms with Crippen molar-refractivity contribution in [1.82, 2.24) is 4.72 Å². The fraction of sp³-hybridized carbons (Fsp3) is 0.0588. The number of hydrogen-bond acceptors (Lipinski definition) is 3. The number of hydrogen-bond donors (Lipinski definition) is 1. The second kappa shape index (κ2) is 6.62. The van der Waals surface area contributed by atoms with Crippen molar-refractivity contribution in [1.29, 1.82) is 0 Å². The Balaban J connectivity index is 1.99. The second-order valence-corrected chi connectivity index (χ2v) is 7.63. The van der Waals surface area contributed by atoms with Crippen molar-refractivity contribution in [2.75, 3.05) is 0 Å². The summed E-state index contributed by atoms with van der Waals surface area (Å²) in [5, 5.41) is 1.89. The van der Waals surface area contributed by atoms with Crippen molar-refractivity contribution in [2.24, 2.45) is 0 Å². The van der Waals surface area contributed by atoms with Gasteiger partial charge in [0, 0.05) is 4.88 Å². The first-order valence-electron chi connectivity index (χ1n) is 6.92. The van der Waals surface area contributed by atoms with Crippen LogP contribution in [0.5, 0.6) is 0 Å². The third-order valence-electron chi connectivity index (χ3n) is 3.34. The molecule has 2 aromatic carbocycles. The summed E-state index contributed by atoms with van der Waals surface area (Å²) in [5.41, 5.74) is 0.829. The molecule has 0 saturated heterocycles. The standard InChI is InChI=1S/C17H14FNO2S2/c18-14-8-4-9-15(12-14)23(20,21)19-17(16-10-5-11-22-16)13-6-2-1-3-7-13/h1-12,17,19H/t17-/m1/s1. The predicted octanol–water partition coefficient (Wildman–Crippen LogP) is 3.96. The Kier molecular flexibility index (Phi) is 4.56.